The Kier molecular flexibility index (Phi) is 3.97. The maximum absolute atomic E-state index is 11.7. The first kappa shape index (κ1) is 12.6. The van der Waals surface area contributed by atoms with E-state index in [0.717, 1.165) is 24.0 Å². The van der Waals surface area contributed by atoms with Gasteiger partial charge in [-0.2, -0.15) is 0 Å². The molecule has 0 bridgehead atoms. The van der Waals surface area contributed by atoms with Crippen molar-refractivity contribution >= 4 is 11.8 Å². The molecule has 0 N–H and O–H groups in total. The van der Waals surface area contributed by atoms with E-state index in [1.165, 1.54) is 0 Å². The third-order valence-corrected chi connectivity index (χ3v) is 2.89. The molecule has 96 valence electrons. The monoisotopic (exact) mass is 248 g/mol. The van der Waals surface area contributed by atoms with Gasteiger partial charge in [-0.1, -0.05) is 6.07 Å². The molecule has 0 spiro atoms. The summed E-state index contributed by atoms with van der Waals surface area (Å²) in [6, 6.07) is 5.40. The third-order valence-electron chi connectivity index (χ3n) is 2.89. The highest BCUT2D eigenvalue weighted by atomic mass is 16.6. The first-order valence-electron chi connectivity index (χ1n) is 6.15. The molecule has 1 aromatic rings. The van der Waals surface area contributed by atoms with Gasteiger partial charge in [-0.25, -0.2) is 4.79 Å². The molecule has 0 radical (unpaired) electrons. The van der Waals surface area contributed by atoms with Gasteiger partial charge in [0.25, 0.3) is 0 Å². The van der Waals surface area contributed by atoms with E-state index in [-0.39, 0.29) is 12.4 Å². The topological polar surface area (TPSA) is 52.6 Å². The summed E-state index contributed by atoms with van der Waals surface area (Å²) < 4.78 is 10.1. The Hall–Kier alpha value is -1.84. The van der Waals surface area contributed by atoms with Gasteiger partial charge in [0.2, 0.25) is 0 Å². The van der Waals surface area contributed by atoms with Crippen molar-refractivity contribution in [3.8, 4) is 5.75 Å². The van der Waals surface area contributed by atoms with E-state index >= 15 is 0 Å². The zero-order valence-electron chi connectivity index (χ0n) is 10.4. The minimum Gasteiger partial charge on any atom is -0.482 e. The van der Waals surface area contributed by atoms with Crippen LogP contribution in [0.15, 0.2) is 18.2 Å². The fourth-order valence-corrected chi connectivity index (χ4v) is 2.04. The van der Waals surface area contributed by atoms with Crippen molar-refractivity contribution in [1.29, 1.82) is 0 Å². The average molecular weight is 248 g/mol. The maximum Gasteiger partial charge on any atom is 0.344 e. The van der Waals surface area contributed by atoms with E-state index in [1.807, 2.05) is 6.07 Å². The summed E-state index contributed by atoms with van der Waals surface area (Å²) in [5, 5.41) is 0. The number of benzene rings is 1. The number of fused-ring (bicyclic) bond motifs is 1. The quantitative estimate of drug-likeness (QED) is 0.766. The van der Waals surface area contributed by atoms with Crippen LogP contribution < -0.4 is 4.74 Å². The standard InChI is InChI=1S/C14H16O4/c1-2-17-14(16)9-18-11-7-6-10-4-3-5-13(15)12(10)8-11/h6-8H,2-5,9H2,1H3. The Morgan fingerprint density at radius 1 is 1.33 bits per heavy atom. The molecular weight excluding hydrogens is 232 g/mol. The number of esters is 1. The van der Waals surface area contributed by atoms with Crippen LogP contribution in [0.3, 0.4) is 0 Å². The molecule has 1 aliphatic carbocycles. The van der Waals surface area contributed by atoms with Crippen LogP contribution in [0.1, 0.15) is 35.7 Å². The largest absolute Gasteiger partial charge is 0.482 e. The zero-order valence-corrected chi connectivity index (χ0v) is 10.4. The number of ether oxygens (including phenoxy) is 2. The van der Waals surface area contributed by atoms with Gasteiger partial charge in [0.05, 0.1) is 6.61 Å². The van der Waals surface area contributed by atoms with Crippen LogP contribution >= 0.6 is 0 Å². The van der Waals surface area contributed by atoms with Crippen molar-refractivity contribution in [2.75, 3.05) is 13.2 Å². The fourth-order valence-electron chi connectivity index (χ4n) is 2.04. The van der Waals surface area contributed by atoms with E-state index in [2.05, 4.69) is 0 Å². The van der Waals surface area contributed by atoms with Crippen LogP contribution in [-0.2, 0) is 16.0 Å². The summed E-state index contributed by atoms with van der Waals surface area (Å²) >= 11 is 0. The molecule has 0 fully saturated rings. The van der Waals surface area contributed by atoms with Crippen LogP contribution in [0.2, 0.25) is 0 Å². The summed E-state index contributed by atoms with van der Waals surface area (Å²) in [7, 11) is 0. The number of aryl methyl sites for hydroxylation is 1. The average Bonchev–Trinajstić information content (AvgIpc) is 2.37. The molecule has 0 aromatic heterocycles. The molecule has 0 aliphatic heterocycles. The normalized spacial score (nSPS) is 13.9. The van der Waals surface area contributed by atoms with E-state index in [1.54, 1.807) is 19.1 Å². The SMILES string of the molecule is CCOC(=O)COc1ccc2c(c1)C(=O)CCC2. The molecule has 0 amide bonds. The number of carbonyl (C=O) groups is 2. The molecule has 4 heteroatoms. The molecule has 0 unspecified atom stereocenters. The lowest BCUT2D eigenvalue weighted by Crippen LogP contribution is -2.15. The van der Waals surface area contributed by atoms with Gasteiger partial charge in [-0.3, -0.25) is 4.79 Å². The Bertz CT molecular complexity index is 465. The van der Waals surface area contributed by atoms with Gasteiger partial charge < -0.3 is 9.47 Å². The van der Waals surface area contributed by atoms with Gasteiger partial charge >= 0.3 is 5.97 Å². The zero-order chi connectivity index (χ0) is 13.0. The molecule has 0 atom stereocenters. The number of Topliss-reactive ketones (excluding diaryl/α,β-unsaturated/α-hetero) is 1. The highest BCUT2D eigenvalue weighted by Gasteiger charge is 2.17. The van der Waals surface area contributed by atoms with Crippen molar-refractivity contribution in [2.24, 2.45) is 0 Å². The Balaban J connectivity index is 2.04. The molecule has 0 saturated heterocycles. The van der Waals surface area contributed by atoms with E-state index in [9.17, 15) is 9.59 Å². The lowest BCUT2D eigenvalue weighted by molar-refractivity contribution is -0.145. The van der Waals surface area contributed by atoms with Gasteiger partial charge in [0.15, 0.2) is 12.4 Å². The number of carbonyl (C=O) groups excluding carboxylic acids is 2. The highest BCUT2D eigenvalue weighted by Crippen LogP contribution is 2.25. The van der Waals surface area contributed by atoms with Crippen LogP contribution in [-0.4, -0.2) is 25.0 Å². The molecule has 1 aromatic carbocycles. The van der Waals surface area contributed by atoms with E-state index in [4.69, 9.17) is 9.47 Å². The third kappa shape index (κ3) is 2.88. The molecule has 1 aliphatic rings. The van der Waals surface area contributed by atoms with Crippen LogP contribution in [0.25, 0.3) is 0 Å². The summed E-state index contributed by atoms with van der Waals surface area (Å²) in [6.07, 6.45) is 2.43. The summed E-state index contributed by atoms with van der Waals surface area (Å²) in [5.41, 5.74) is 1.79. The summed E-state index contributed by atoms with van der Waals surface area (Å²) in [5.74, 6) is 0.288. The number of hydrogen-bond acceptors (Lipinski definition) is 4. The van der Waals surface area contributed by atoms with Crippen molar-refractivity contribution in [2.45, 2.75) is 26.2 Å². The molecule has 2 rings (SSSR count). The van der Waals surface area contributed by atoms with Crippen molar-refractivity contribution in [3.05, 3.63) is 29.3 Å². The second-order valence-corrected chi connectivity index (χ2v) is 4.19. The van der Waals surface area contributed by atoms with Crippen LogP contribution in [0, 0.1) is 0 Å². The van der Waals surface area contributed by atoms with Gasteiger partial charge in [0, 0.05) is 12.0 Å². The second-order valence-electron chi connectivity index (χ2n) is 4.19. The Morgan fingerprint density at radius 2 is 2.17 bits per heavy atom. The van der Waals surface area contributed by atoms with Crippen molar-refractivity contribution < 1.29 is 19.1 Å². The molecule has 4 nitrogen and oxygen atoms in total. The second kappa shape index (κ2) is 5.67. The number of rotatable bonds is 4. The Labute approximate surface area is 106 Å². The maximum atomic E-state index is 11.7. The lowest BCUT2D eigenvalue weighted by atomic mass is 9.90. The first-order chi connectivity index (χ1) is 8.70. The fraction of sp³-hybridized carbons (Fsp3) is 0.429. The molecular formula is C14H16O4. The number of hydrogen-bond donors (Lipinski definition) is 0. The predicted molar refractivity (Wildman–Crippen MR) is 65.8 cm³/mol. The van der Waals surface area contributed by atoms with E-state index < -0.39 is 5.97 Å². The number of ketones is 1. The van der Waals surface area contributed by atoms with E-state index in [0.29, 0.717) is 18.8 Å². The molecule has 18 heavy (non-hydrogen) atoms. The highest BCUT2D eigenvalue weighted by molar-refractivity contribution is 5.98. The first-order valence-corrected chi connectivity index (χ1v) is 6.15. The van der Waals surface area contributed by atoms with Gasteiger partial charge in [0.1, 0.15) is 5.75 Å². The Morgan fingerprint density at radius 3 is 2.94 bits per heavy atom. The van der Waals surface area contributed by atoms with Crippen molar-refractivity contribution in [3.63, 3.8) is 0 Å². The summed E-state index contributed by atoms with van der Waals surface area (Å²) in [6.45, 7) is 1.96. The minimum absolute atomic E-state index is 0.124. The smallest absolute Gasteiger partial charge is 0.344 e. The van der Waals surface area contributed by atoms with Gasteiger partial charge in [-0.15, -0.1) is 0 Å². The predicted octanol–water partition coefficient (Wildman–Crippen LogP) is 2.15. The lowest BCUT2D eigenvalue weighted by Gasteiger charge is -2.15. The van der Waals surface area contributed by atoms with Crippen molar-refractivity contribution in [1.82, 2.24) is 0 Å². The van der Waals surface area contributed by atoms with Crippen LogP contribution in [0.5, 0.6) is 5.75 Å². The minimum atomic E-state index is -0.401. The summed E-state index contributed by atoms with van der Waals surface area (Å²) in [4.78, 5) is 22.9. The van der Waals surface area contributed by atoms with Crippen LogP contribution in [0.4, 0.5) is 0 Å². The van der Waals surface area contributed by atoms with Gasteiger partial charge in [-0.05, 0) is 37.5 Å². The molecule has 0 saturated carbocycles. The molecule has 0 heterocycles.